The molecule has 162 valence electrons. The van der Waals surface area contributed by atoms with Crippen molar-refractivity contribution in [3.63, 3.8) is 0 Å². The van der Waals surface area contributed by atoms with Gasteiger partial charge in [-0.1, -0.05) is 43.1 Å². The Bertz CT molecular complexity index is 1060. The summed E-state index contributed by atoms with van der Waals surface area (Å²) in [6.45, 7) is 4.14. The second-order valence-electron chi connectivity index (χ2n) is 7.25. The van der Waals surface area contributed by atoms with Crippen LogP contribution in [0.1, 0.15) is 30.9 Å². The molecule has 0 radical (unpaired) electrons. The third kappa shape index (κ3) is 5.81. The predicted octanol–water partition coefficient (Wildman–Crippen LogP) is 6.08. The highest BCUT2D eigenvalue weighted by Gasteiger charge is 2.15. The number of aromatic nitrogens is 1. The van der Waals surface area contributed by atoms with Gasteiger partial charge in [-0.15, -0.1) is 0 Å². The van der Waals surface area contributed by atoms with E-state index in [2.05, 4.69) is 24.1 Å². The number of nitrogen functional groups attached to an aromatic ring is 1. The summed E-state index contributed by atoms with van der Waals surface area (Å²) in [7, 11) is 1.63. The molecule has 0 spiro atoms. The van der Waals surface area contributed by atoms with Crippen LogP contribution in [0.5, 0.6) is 17.2 Å². The first kappa shape index (κ1) is 22.7. The molecule has 2 aromatic carbocycles. The molecule has 3 N–H and O–H groups in total. The minimum absolute atomic E-state index is 0.143. The number of benzene rings is 2. The summed E-state index contributed by atoms with van der Waals surface area (Å²) >= 11 is 12.8. The number of pyridine rings is 1. The molecule has 0 aliphatic rings. The Labute approximate surface area is 191 Å². The lowest BCUT2D eigenvalue weighted by atomic mass is 10.0. The number of methoxy groups -OCH3 is 1. The minimum Gasteiger partial charge on any atom is -0.496 e. The SMILES string of the molecule is COc1ccc(Oc2c(Cl)cc(NC(=O)Cc3ccc(N)nc3)cc2Cl)cc1C(C)C. The number of amides is 1. The lowest BCUT2D eigenvalue weighted by Crippen LogP contribution is -2.14. The highest BCUT2D eigenvalue weighted by molar-refractivity contribution is 6.37. The standard InChI is InChI=1S/C23H23Cl2N3O3/c1-13(2)17-11-16(5-6-20(17)30-3)31-23-18(24)9-15(10-19(23)25)28-22(29)8-14-4-7-21(26)27-12-14/h4-7,9-13H,8H2,1-3H3,(H2,26,27)(H,28,29). The van der Waals surface area contributed by atoms with Crippen molar-refractivity contribution in [2.45, 2.75) is 26.2 Å². The van der Waals surface area contributed by atoms with Gasteiger partial charge in [0.15, 0.2) is 5.75 Å². The molecule has 0 saturated carbocycles. The number of carbonyl (C=O) groups excluding carboxylic acids is 1. The molecule has 0 unspecified atom stereocenters. The number of nitrogens with two attached hydrogens (primary N) is 1. The van der Waals surface area contributed by atoms with Crippen molar-refractivity contribution >= 4 is 40.6 Å². The monoisotopic (exact) mass is 459 g/mol. The molecule has 0 aliphatic heterocycles. The number of halogens is 2. The Morgan fingerprint density at radius 3 is 2.42 bits per heavy atom. The molecule has 1 amide bonds. The number of nitrogens with zero attached hydrogens (tertiary/aromatic N) is 1. The fraction of sp³-hybridized carbons (Fsp3) is 0.217. The second-order valence-corrected chi connectivity index (χ2v) is 8.06. The fourth-order valence-corrected chi connectivity index (χ4v) is 3.57. The normalized spacial score (nSPS) is 10.8. The summed E-state index contributed by atoms with van der Waals surface area (Å²) in [5, 5.41) is 3.33. The molecule has 1 heterocycles. The van der Waals surface area contributed by atoms with E-state index in [1.807, 2.05) is 12.1 Å². The molecule has 3 rings (SSSR count). The van der Waals surface area contributed by atoms with Crippen molar-refractivity contribution in [2.24, 2.45) is 0 Å². The maximum atomic E-state index is 12.3. The van der Waals surface area contributed by atoms with Gasteiger partial charge in [-0.25, -0.2) is 4.98 Å². The van der Waals surface area contributed by atoms with E-state index in [1.54, 1.807) is 43.6 Å². The van der Waals surface area contributed by atoms with Crippen LogP contribution in [0, 0.1) is 0 Å². The Morgan fingerprint density at radius 1 is 1.13 bits per heavy atom. The molecule has 31 heavy (non-hydrogen) atoms. The van der Waals surface area contributed by atoms with Crippen molar-refractivity contribution in [1.29, 1.82) is 0 Å². The van der Waals surface area contributed by atoms with Crippen molar-refractivity contribution in [1.82, 2.24) is 4.98 Å². The van der Waals surface area contributed by atoms with E-state index < -0.39 is 0 Å². The molecule has 0 bridgehead atoms. The second kappa shape index (κ2) is 9.90. The molecular weight excluding hydrogens is 437 g/mol. The summed E-state index contributed by atoms with van der Waals surface area (Å²) in [5.74, 6) is 2.09. The molecule has 8 heteroatoms. The predicted molar refractivity (Wildman–Crippen MR) is 125 cm³/mol. The molecule has 0 aliphatic carbocycles. The van der Waals surface area contributed by atoms with Crippen molar-refractivity contribution in [3.8, 4) is 17.2 Å². The third-order valence-electron chi connectivity index (χ3n) is 4.54. The lowest BCUT2D eigenvalue weighted by Gasteiger charge is -2.16. The Balaban J connectivity index is 1.75. The smallest absolute Gasteiger partial charge is 0.228 e. The van der Waals surface area contributed by atoms with Crippen molar-refractivity contribution in [3.05, 3.63) is 69.8 Å². The van der Waals surface area contributed by atoms with Crippen LogP contribution in [-0.4, -0.2) is 18.0 Å². The lowest BCUT2D eigenvalue weighted by molar-refractivity contribution is -0.115. The van der Waals surface area contributed by atoms with Crippen LogP contribution in [0.25, 0.3) is 0 Å². The van der Waals surface area contributed by atoms with Crippen molar-refractivity contribution in [2.75, 3.05) is 18.2 Å². The van der Waals surface area contributed by atoms with Crippen LogP contribution in [0.3, 0.4) is 0 Å². The number of nitrogens with one attached hydrogen (secondary N) is 1. The summed E-state index contributed by atoms with van der Waals surface area (Å²) in [6.07, 6.45) is 1.71. The summed E-state index contributed by atoms with van der Waals surface area (Å²) < 4.78 is 11.3. The third-order valence-corrected chi connectivity index (χ3v) is 5.10. The van der Waals surface area contributed by atoms with Gasteiger partial charge in [0, 0.05) is 17.4 Å². The zero-order chi connectivity index (χ0) is 22.5. The number of carbonyl (C=O) groups is 1. The molecule has 1 aromatic heterocycles. The maximum absolute atomic E-state index is 12.3. The Hall–Kier alpha value is -2.96. The molecule has 3 aromatic rings. The largest absolute Gasteiger partial charge is 0.496 e. The highest BCUT2D eigenvalue weighted by atomic mass is 35.5. The van der Waals surface area contributed by atoms with E-state index in [-0.39, 0.29) is 28.3 Å². The fourth-order valence-electron chi connectivity index (χ4n) is 3.01. The van der Waals surface area contributed by atoms with Gasteiger partial charge in [-0.2, -0.15) is 0 Å². The van der Waals surface area contributed by atoms with Gasteiger partial charge in [0.1, 0.15) is 17.3 Å². The summed E-state index contributed by atoms with van der Waals surface area (Å²) in [5.41, 5.74) is 7.78. The van der Waals surface area contributed by atoms with Crippen LogP contribution < -0.4 is 20.5 Å². The average molecular weight is 460 g/mol. The van der Waals surface area contributed by atoms with E-state index in [1.165, 1.54) is 0 Å². The quantitative estimate of drug-likeness (QED) is 0.447. The number of ether oxygens (including phenoxy) is 2. The first-order chi connectivity index (χ1) is 14.8. The molecule has 0 atom stereocenters. The molecule has 6 nitrogen and oxygen atoms in total. The van der Waals surface area contributed by atoms with Gasteiger partial charge in [-0.3, -0.25) is 4.79 Å². The van der Waals surface area contributed by atoms with Gasteiger partial charge >= 0.3 is 0 Å². The van der Waals surface area contributed by atoms with Crippen LogP contribution in [-0.2, 0) is 11.2 Å². The van der Waals surface area contributed by atoms with E-state index >= 15 is 0 Å². The topological polar surface area (TPSA) is 86.5 Å². The zero-order valence-electron chi connectivity index (χ0n) is 17.4. The maximum Gasteiger partial charge on any atom is 0.228 e. The molecule has 0 saturated heterocycles. The van der Waals surface area contributed by atoms with E-state index in [0.29, 0.717) is 23.0 Å². The van der Waals surface area contributed by atoms with Gasteiger partial charge in [0.25, 0.3) is 0 Å². The van der Waals surface area contributed by atoms with Crippen LogP contribution >= 0.6 is 23.2 Å². The zero-order valence-corrected chi connectivity index (χ0v) is 18.9. The Morgan fingerprint density at radius 2 is 1.84 bits per heavy atom. The van der Waals surface area contributed by atoms with Crippen LogP contribution in [0.4, 0.5) is 11.5 Å². The first-order valence-corrected chi connectivity index (χ1v) is 10.4. The van der Waals surface area contributed by atoms with E-state index in [4.69, 9.17) is 38.4 Å². The van der Waals surface area contributed by atoms with E-state index in [0.717, 1.165) is 16.9 Å². The molecule has 0 fully saturated rings. The average Bonchev–Trinajstić information content (AvgIpc) is 2.72. The number of hydrogen-bond donors (Lipinski definition) is 2. The first-order valence-electron chi connectivity index (χ1n) is 9.62. The van der Waals surface area contributed by atoms with Gasteiger partial charge in [-0.05, 0) is 47.9 Å². The number of rotatable bonds is 7. The Kier molecular flexibility index (Phi) is 7.25. The van der Waals surface area contributed by atoms with Crippen LogP contribution in [0.15, 0.2) is 48.7 Å². The highest BCUT2D eigenvalue weighted by Crippen LogP contribution is 2.40. The summed E-state index contributed by atoms with van der Waals surface area (Å²) in [4.78, 5) is 16.3. The van der Waals surface area contributed by atoms with Gasteiger partial charge < -0.3 is 20.5 Å². The van der Waals surface area contributed by atoms with Gasteiger partial charge in [0.2, 0.25) is 5.91 Å². The molecular formula is C23H23Cl2N3O3. The summed E-state index contributed by atoms with van der Waals surface area (Å²) in [6, 6.07) is 12.1. The minimum atomic E-state index is -0.232. The number of hydrogen-bond acceptors (Lipinski definition) is 5. The number of anilines is 2. The van der Waals surface area contributed by atoms with Crippen LogP contribution in [0.2, 0.25) is 10.0 Å². The van der Waals surface area contributed by atoms with Crippen molar-refractivity contribution < 1.29 is 14.3 Å². The van der Waals surface area contributed by atoms with Gasteiger partial charge in [0.05, 0.1) is 23.6 Å². The van der Waals surface area contributed by atoms with E-state index in [9.17, 15) is 4.79 Å².